The summed E-state index contributed by atoms with van der Waals surface area (Å²) >= 11 is 0. The van der Waals surface area contributed by atoms with Crippen LogP contribution in [0.1, 0.15) is 19.8 Å². The smallest absolute Gasteiger partial charge is 0.107 e. The summed E-state index contributed by atoms with van der Waals surface area (Å²) in [6.07, 6.45) is 6.76. The second-order valence-corrected chi connectivity index (χ2v) is 2.54. The lowest BCUT2D eigenvalue weighted by molar-refractivity contribution is 0.241. The number of hydrogen-bond donors (Lipinski definition) is 1. The Kier molecular flexibility index (Phi) is 2.90. The molecule has 58 valence electrons. The lowest BCUT2D eigenvalue weighted by atomic mass is 10.2. The first kappa shape index (κ1) is 7.76. The highest BCUT2D eigenvalue weighted by atomic mass is 16.6. The van der Waals surface area contributed by atoms with Gasteiger partial charge in [-0.15, -0.1) is 0 Å². The topological polar surface area (TPSA) is 32.8 Å². The molecule has 0 aliphatic carbocycles. The molecule has 2 heteroatoms. The van der Waals surface area contributed by atoms with E-state index in [1.807, 2.05) is 13.0 Å². The monoisotopic (exact) mass is 142 g/mol. The van der Waals surface area contributed by atoms with Crippen LogP contribution in [0.25, 0.3) is 0 Å². The van der Waals surface area contributed by atoms with Crippen LogP contribution in [0.4, 0.5) is 0 Å². The maximum atomic E-state index is 8.59. The van der Waals surface area contributed by atoms with Gasteiger partial charge in [-0.2, -0.15) is 0 Å². The van der Waals surface area contributed by atoms with Crippen LogP contribution in [0.3, 0.4) is 0 Å². The fourth-order valence-corrected chi connectivity index (χ4v) is 1.02. The van der Waals surface area contributed by atoms with Gasteiger partial charge in [-0.05, 0) is 19.8 Å². The van der Waals surface area contributed by atoms with Crippen LogP contribution in [0.2, 0.25) is 0 Å². The van der Waals surface area contributed by atoms with Gasteiger partial charge >= 0.3 is 0 Å². The van der Waals surface area contributed by atoms with Crippen LogP contribution >= 0.6 is 0 Å². The van der Waals surface area contributed by atoms with Gasteiger partial charge in [-0.1, -0.05) is 12.2 Å². The first-order valence-corrected chi connectivity index (χ1v) is 3.76. The molecule has 0 aromatic heterocycles. The first-order valence-electron chi connectivity index (χ1n) is 3.76. The molecule has 2 atom stereocenters. The van der Waals surface area contributed by atoms with Crippen LogP contribution in [0.15, 0.2) is 12.2 Å². The highest BCUT2D eigenvalue weighted by Gasteiger charge is 2.36. The SMILES string of the molecule is C/C=C/CCC1OC1CO. The molecule has 1 heterocycles. The van der Waals surface area contributed by atoms with E-state index in [1.165, 1.54) is 0 Å². The van der Waals surface area contributed by atoms with Crippen molar-refractivity contribution in [2.24, 2.45) is 0 Å². The molecule has 0 aromatic carbocycles. The van der Waals surface area contributed by atoms with Crippen LogP contribution in [0.5, 0.6) is 0 Å². The number of epoxide rings is 1. The minimum atomic E-state index is 0.144. The summed E-state index contributed by atoms with van der Waals surface area (Å²) in [6.45, 7) is 2.19. The summed E-state index contributed by atoms with van der Waals surface area (Å²) in [5.74, 6) is 0. The minimum Gasteiger partial charge on any atom is -0.394 e. The Morgan fingerprint density at radius 1 is 1.50 bits per heavy atom. The van der Waals surface area contributed by atoms with Gasteiger partial charge < -0.3 is 9.84 Å². The van der Waals surface area contributed by atoms with E-state index in [0.717, 1.165) is 12.8 Å². The molecule has 2 unspecified atom stereocenters. The Balaban J connectivity index is 1.96. The zero-order chi connectivity index (χ0) is 7.40. The van der Waals surface area contributed by atoms with Crippen molar-refractivity contribution in [1.82, 2.24) is 0 Å². The van der Waals surface area contributed by atoms with Crippen molar-refractivity contribution < 1.29 is 9.84 Å². The second-order valence-electron chi connectivity index (χ2n) is 2.54. The van der Waals surface area contributed by atoms with Gasteiger partial charge in [0.25, 0.3) is 0 Å². The summed E-state index contributed by atoms with van der Waals surface area (Å²) in [6, 6.07) is 0. The standard InChI is InChI=1S/C8H14O2/c1-2-3-4-5-7-8(6-9)10-7/h2-3,7-9H,4-6H2,1H3/b3-2+. The number of ether oxygens (including phenoxy) is 1. The molecule has 1 aliphatic rings. The highest BCUT2D eigenvalue weighted by Crippen LogP contribution is 2.25. The van der Waals surface area contributed by atoms with E-state index in [4.69, 9.17) is 9.84 Å². The van der Waals surface area contributed by atoms with E-state index in [9.17, 15) is 0 Å². The van der Waals surface area contributed by atoms with E-state index in [1.54, 1.807) is 0 Å². The Hall–Kier alpha value is -0.340. The van der Waals surface area contributed by atoms with E-state index in [0.29, 0.717) is 6.10 Å². The van der Waals surface area contributed by atoms with Gasteiger partial charge in [0.1, 0.15) is 6.10 Å². The van der Waals surface area contributed by atoms with Crippen LogP contribution in [-0.2, 0) is 4.74 Å². The molecule has 1 fully saturated rings. The molecule has 0 radical (unpaired) electrons. The zero-order valence-corrected chi connectivity index (χ0v) is 6.29. The zero-order valence-electron chi connectivity index (χ0n) is 6.29. The third-order valence-corrected chi connectivity index (χ3v) is 1.72. The molecule has 2 nitrogen and oxygen atoms in total. The normalized spacial score (nSPS) is 31.4. The van der Waals surface area contributed by atoms with Crippen molar-refractivity contribution in [3.63, 3.8) is 0 Å². The molecule has 0 bridgehead atoms. The van der Waals surface area contributed by atoms with Crippen molar-refractivity contribution >= 4 is 0 Å². The average Bonchev–Trinajstić information content (AvgIpc) is 2.68. The summed E-state index contributed by atoms with van der Waals surface area (Å²) < 4.78 is 5.13. The van der Waals surface area contributed by atoms with Crippen molar-refractivity contribution in [2.45, 2.75) is 32.0 Å². The number of aliphatic hydroxyl groups is 1. The molecule has 0 aromatic rings. The van der Waals surface area contributed by atoms with Crippen LogP contribution in [-0.4, -0.2) is 23.9 Å². The molecular weight excluding hydrogens is 128 g/mol. The van der Waals surface area contributed by atoms with E-state index in [-0.39, 0.29) is 12.7 Å². The predicted molar refractivity (Wildman–Crippen MR) is 39.8 cm³/mol. The molecule has 1 aliphatic heterocycles. The fraction of sp³-hybridized carbons (Fsp3) is 0.750. The van der Waals surface area contributed by atoms with Gasteiger partial charge in [-0.25, -0.2) is 0 Å². The Labute approximate surface area is 61.5 Å². The first-order chi connectivity index (χ1) is 4.88. The van der Waals surface area contributed by atoms with Crippen LogP contribution in [0, 0.1) is 0 Å². The third-order valence-electron chi connectivity index (χ3n) is 1.72. The molecule has 0 amide bonds. The van der Waals surface area contributed by atoms with Crippen LogP contribution < -0.4 is 0 Å². The molecule has 1 saturated heterocycles. The van der Waals surface area contributed by atoms with Crippen molar-refractivity contribution in [3.05, 3.63) is 12.2 Å². The van der Waals surface area contributed by atoms with Crippen molar-refractivity contribution in [2.75, 3.05) is 6.61 Å². The number of aliphatic hydroxyl groups excluding tert-OH is 1. The largest absolute Gasteiger partial charge is 0.394 e. The summed E-state index contributed by atoms with van der Waals surface area (Å²) in [4.78, 5) is 0. The number of hydrogen-bond acceptors (Lipinski definition) is 2. The lowest BCUT2D eigenvalue weighted by Crippen LogP contribution is -1.97. The molecule has 1 rings (SSSR count). The molecule has 1 N–H and O–H groups in total. The van der Waals surface area contributed by atoms with Gasteiger partial charge in [-0.3, -0.25) is 0 Å². The van der Waals surface area contributed by atoms with Gasteiger partial charge in [0.2, 0.25) is 0 Å². The lowest BCUT2D eigenvalue weighted by Gasteiger charge is -1.86. The average molecular weight is 142 g/mol. The summed E-state index contributed by atoms with van der Waals surface area (Å²) in [5, 5.41) is 8.59. The maximum Gasteiger partial charge on any atom is 0.107 e. The summed E-state index contributed by atoms with van der Waals surface area (Å²) in [7, 11) is 0. The Morgan fingerprint density at radius 2 is 2.30 bits per heavy atom. The van der Waals surface area contributed by atoms with Crippen molar-refractivity contribution in [3.8, 4) is 0 Å². The van der Waals surface area contributed by atoms with Gasteiger partial charge in [0.15, 0.2) is 0 Å². The maximum absolute atomic E-state index is 8.59. The van der Waals surface area contributed by atoms with Gasteiger partial charge in [0, 0.05) is 0 Å². The molecular formula is C8H14O2. The third kappa shape index (κ3) is 2.12. The van der Waals surface area contributed by atoms with Gasteiger partial charge in [0.05, 0.1) is 12.7 Å². The number of rotatable bonds is 4. The highest BCUT2D eigenvalue weighted by molar-refractivity contribution is 4.87. The van der Waals surface area contributed by atoms with E-state index >= 15 is 0 Å². The van der Waals surface area contributed by atoms with E-state index < -0.39 is 0 Å². The van der Waals surface area contributed by atoms with E-state index in [2.05, 4.69) is 6.08 Å². The molecule has 0 spiro atoms. The second kappa shape index (κ2) is 3.74. The van der Waals surface area contributed by atoms with Crippen molar-refractivity contribution in [1.29, 1.82) is 0 Å². The fourth-order valence-electron chi connectivity index (χ4n) is 1.02. The predicted octanol–water partition coefficient (Wildman–Crippen LogP) is 1.10. The summed E-state index contributed by atoms with van der Waals surface area (Å²) in [5.41, 5.74) is 0. The Bertz CT molecular complexity index is 120. The minimum absolute atomic E-state index is 0.144. The number of allylic oxidation sites excluding steroid dienone is 2. The quantitative estimate of drug-likeness (QED) is 0.471. The Morgan fingerprint density at radius 3 is 2.80 bits per heavy atom. The molecule has 10 heavy (non-hydrogen) atoms. The molecule has 0 saturated carbocycles.